The van der Waals surface area contributed by atoms with Gasteiger partial charge in [-0.3, -0.25) is 0 Å². The standard InChI is InChI=1S/C31H44N2O4/c1-11-22-18(3)26(28(34)36-30(5,6)7)32-24(22)16-20-14-13-15-21(20)17-25-23(12-2)19(4)27(33-25)29(35)37-31(8,9)10/h13-14,32-33H,11-12,15-17H2,1-10H3. The van der Waals surface area contributed by atoms with Crippen molar-refractivity contribution in [3.05, 3.63) is 68.3 Å². The van der Waals surface area contributed by atoms with Crippen LogP contribution in [0.1, 0.15) is 116 Å². The second-order valence-corrected chi connectivity index (χ2v) is 12.0. The molecule has 2 N–H and O–H groups in total. The van der Waals surface area contributed by atoms with Crippen LogP contribution in [0.3, 0.4) is 0 Å². The molecule has 37 heavy (non-hydrogen) atoms. The Balaban J connectivity index is 1.91. The van der Waals surface area contributed by atoms with Crippen LogP contribution < -0.4 is 0 Å². The van der Waals surface area contributed by atoms with Gasteiger partial charge in [-0.15, -0.1) is 0 Å². The maximum atomic E-state index is 12.8. The van der Waals surface area contributed by atoms with Crippen molar-refractivity contribution in [1.29, 1.82) is 0 Å². The quantitative estimate of drug-likeness (QED) is 0.375. The summed E-state index contributed by atoms with van der Waals surface area (Å²) in [6.07, 6.45) is 8.39. The number of ether oxygens (including phenoxy) is 2. The molecule has 202 valence electrons. The highest BCUT2D eigenvalue weighted by Crippen LogP contribution is 2.31. The van der Waals surface area contributed by atoms with Crippen LogP contribution >= 0.6 is 0 Å². The van der Waals surface area contributed by atoms with E-state index in [2.05, 4.69) is 36.0 Å². The van der Waals surface area contributed by atoms with E-state index in [0.717, 1.165) is 54.6 Å². The molecule has 6 heteroatoms. The van der Waals surface area contributed by atoms with Gasteiger partial charge >= 0.3 is 11.9 Å². The molecule has 0 unspecified atom stereocenters. The van der Waals surface area contributed by atoms with Crippen LogP contribution in [0.15, 0.2) is 23.3 Å². The van der Waals surface area contributed by atoms with Gasteiger partial charge in [-0.05, 0) is 102 Å². The van der Waals surface area contributed by atoms with Crippen LogP contribution in [0, 0.1) is 13.8 Å². The van der Waals surface area contributed by atoms with Crippen molar-refractivity contribution >= 4 is 11.9 Å². The molecular weight excluding hydrogens is 464 g/mol. The fourth-order valence-corrected chi connectivity index (χ4v) is 5.09. The van der Waals surface area contributed by atoms with Crippen molar-refractivity contribution in [2.45, 2.75) is 113 Å². The summed E-state index contributed by atoms with van der Waals surface area (Å²) in [5.74, 6) is -0.625. The fraction of sp³-hybridized carbons (Fsp3) is 0.548. The molecule has 0 aliphatic heterocycles. The summed E-state index contributed by atoms with van der Waals surface area (Å²) in [7, 11) is 0. The third kappa shape index (κ3) is 6.65. The minimum absolute atomic E-state index is 0.311. The predicted molar refractivity (Wildman–Crippen MR) is 148 cm³/mol. The zero-order valence-electron chi connectivity index (χ0n) is 24.3. The summed E-state index contributed by atoms with van der Waals surface area (Å²) in [5.41, 5.74) is 8.98. The van der Waals surface area contributed by atoms with Crippen LogP contribution in [0.2, 0.25) is 0 Å². The molecule has 0 aromatic carbocycles. The van der Waals surface area contributed by atoms with Crippen molar-refractivity contribution in [3.63, 3.8) is 0 Å². The maximum Gasteiger partial charge on any atom is 0.355 e. The van der Waals surface area contributed by atoms with E-state index in [1.165, 1.54) is 22.3 Å². The molecule has 0 amide bonds. The molecule has 0 saturated heterocycles. The Labute approximate surface area is 221 Å². The molecule has 2 aromatic heterocycles. The maximum absolute atomic E-state index is 12.8. The fourth-order valence-electron chi connectivity index (χ4n) is 5.09. The second-order valence-electron chi connectivity index (χ2n) is 12.0. The number of aromatic amines is 2. The van der Waals surface area contributed by atoms with Crippen molar-refractivity contribution in [1.82, 2.24) is 9.97 Å². The van der Waals surface area contributed by atoms with Crippen LogP contribution in [0.25, 0.3) is 0 Å². The van der Waals surface area contributed by atoms with Gasteiger partial charge in [0.15, 0.2) is 0 Å². The highest BCUT2D eigenvalue weighted by molar-refractivity contribution is 5.90. The highest BCUT2D eigenvalue weighted by Gasteiger charge is 2.26. The SMILES string of the molecule is CCc1c(CC2=C(Cc3[nH]c(C(=O)OC(C)(C)C)c(C)c3CC)CC=C2)[nH]c(C(=O)OC(C)(C)C)c1C. The number of nitrogens with one attached hydrogen (secondary N) is 2. The minimum atomic E-state index is -0.547. The molecule has 0 bridgehead atoms. The van der Waals surface area contributed by atoms with E-state index >= 15 is 0 Å². The molecule has 0 atom stereocenters. The lowest BCUT2D eigenvalue weighted by Gasteiger charge is -2.19. The molecule has 6 nitrogen and oxygen atoms in total. The number of H-pyrrole nitrogens is 2. The van der Waals surface area contributed by atoms with Crippen LogP contribution in [0.4, 0.5) is 0 Å². The molecule has 0 spiro atoms. The van der Waals surface area contributed by atoms with Gasteiger partial charge in [0, 0.05) is 24.2 Å². The monoisotopic (exact) mass is 508 g/mol. The Hall–Kier alpha value is -3.02. The summed E-state index contributed by atoms with van der Waals surface area (Å²) in [5, 5.41) is 0. The normalized spacial score (nSPS) is 14.0. The van der Waals surface area contributed by atoms with Crippen LogP contribution in [0.5, 0.6) is 0 Å². The van der Waals surface area contributed by atoms with E-state index in [1.54, 1.807) is 0 Å². The molecule has 2 aromatic rings. The zero-order chi connectivity index (χ0) is 27.7. The Morgan fingerprint density at radius 3 is 1.62 bits per heavy atom. The number of carbonyl (C=O) groups is 2. The first-order chi connectivity index (χ1) is 17.1. The molecule has 0 fully saturated rings. The number of aromatic nitrogens is 2. The number of allylic oxidation sites excluding steroid dienone is 4. The lowest BCUT2D eigenvalue weighted by molar-refractivity contribution is 0.00501. The van der Waals surface area contributed by atoms with Gasteiger partial charge in [0.1, 0.15) is 22.6 Å². The summed E-state index contributed by atoms with van der Waals surface area (Å²) >= 11 is 0. The Bertz CT molecular complexity index is 1240. The van der Waals surface area contributed by atoms with E-state index < -0.39 is 11.2 Å². The third-order valence-electron chi connectivity index (χ3n) is 6.74. The minimum Gasteiger partial charge on any atom is -0.455 e. The predicted octanol–water partition coefficient (Wildman–Crippen LogP) is 7.04. The zero-order valence-corrected chi connectivity index (χ0v) is 24.3. The van der Waals surface area contributed by atoms with Gasteiger partial charge in [0.25, 0.3) is 0 Å². The van der Waals surface area contributed by atoms with Gasteiger partial charge in [0.05, 0.1) is 0 Å². The van der Waals surface area contributed by atoms with Crippen LogP contribution in [-0.2, 0) is 35.2 Å². The lowest BCUT2D eigenvalue weighted by Crippen LogP contribution is -2.24. The number of esters is 2. The Morgan fingerprint density at radius 1 is 0.784 bits per heavy atom. The Morgan fingerprint density at radius 2 is 1.22 bits per heavy atom. The summed E-state index contributed by atoms with van der Waals surface area (Å²) in [6.45, 7) is 19.5. The number of carbonyl (C=O) groups excluding carboxylic acids is 2. The third-order valence-corrected chi connectivity index (χ3v) is 6.74. The number of hydrogen-bond acceptors (Lipinski definition) is 4. The number of hydrogen-bond donors (Lipinski definition) is 2. The summed E-state index contributed by atoms with van der Waals surface area (Å²) < 4.78 is 11.3. The number of rotatable bonds is 8. The largest absolute Gasteiger partial charge is 0.455 e. The highest BCUT2D eigenvalue weighted by atomic mass is 16.6. The summed E-state index contributed by atoms with van der Waals surface area (Å²) in [4.78, 5) is 32.5. The first kappa shape index (κ1) is 28.5. The molecule has 0 saturated carbocycles. The lowest BCUT2D eigenvalue weighted by atomic mass is 9.96. The van der Waals surface area contributed by atoms with Gasteiger partial charge in [0.2, 0.25) is 0 Å². The molecule has 2 heterocycles. The summed E-state index contributed by atoms with van der Waals surface area (Å²) in [6, 6.07) is 0. The molecular formula is C31H44N2O4. The van der Waals surface area contributed by atoms with E-state index in [9.17, 15) is 9.59 Å². The molecule has 3 rings (SSSR count). The van der Waals surface area contributed by atoms with E-state index in [4.69, 9.17) is 9.47 Å². The molecule has 1 aliphatic rings. The van der Waals surface area contributed by atoms with Gasteiger partial charge in [-0.25, -0.2) is 9.59 Å². The first-order valence-corrected chi connectivity index (χ1v) is 13.4. The van der Waals surface area contributed by atoms with Crippen LogP contribution in [-0.4, -0.2) is 33.1 Å². The smallest absolute Gasteiger partial charge is 0.355 e. The van der Waals surface area contributed by atoms with E-state index in [1.807, 2.05) is 55.4 Å². The second kappa shape index (κ2) is 10.8. The molecule has 0 radical (unpaired) electrons. The van der Waals surface area contributed by atoms with Crippen molar-refractivity contribution < 1.29 is 19.1 Å². The Kier molecular flexibility index (Phi) is 8.31. The van der Waals surface area contributed by atoms with E-state index in [0.29, 0.717) is 11.4 Å². The average Bonchev–Trinajstić information content (AvgIpc) is 3.42. The van der Waals surface area contributed by atoms with Crippen molar-refractivity contribution in [2.75, 3.05) is 0 Å². The first-order valence-electron chi connectivity index (χ1n) is 13.4. The van der Waals surface area contributed by atoms with Crippen molar-refractivity contribution in [2.24, 2.45) is 0 Å². The topological polar surface area (TPSA) is 84.2 Å². The van der Waals surface area contributed by atoms with Gasteiger partial charge in [-0.2, -0.15) is 0 Å². The van der Waals surface area contributed by atoms with Crippen molar-refractivity contribution in [3.8, 4) is 0 Å². The van der Waals surface area contributed by atoms with E-state index in [-0.39, 0.29) is 11.9 Å². The van der Waals surface area contributed by atoms with Gasteiger partial charge < -0.3 is 19.4 Å². The van der Waals surface area contributed by atoms with Gasteiger partial charge in [-0.1, -0.05) is 31.6 Å². The molecule has 1 aliphatic carbocycles. The average molecular weight is 509 g/mol.